The van der Waals surface area contributed by atoms with Gasteiger partial charge in [0.05, 0.1) is 5.60 Å². The average Bonchev–Trinajstić information content (AvgIpc) is 2.21. The van der Waals surface area contributed by atoms with Crippen LogP contribution in [0.25, 0.3) is 0 Å². The molecule has 0 aromatic heterocycles. The smallest absolute Gasteiger partial charge is 0.178 e. The van der Waals surface area contributed by atoms with Crippen LogP contribution in [0.3, 0.4) is 0 Å². The van der Waals surface area contributed by atoms with Crippen LogP contribution in [0.15, 0.2) is 34.9 Å². The van der Waals surface area contributed by atoms with Gasteiger partial charge in [0, 0.05) is 0 Å². The molecule has 17 heavy (non-hydrogen) atoms. The minimum Gasteiger partial charge on any atom is -0.385 e. The van der Waals surface area contributed by atoms with E-state index in [9.17, 15) is 9.90 Å². The van der Waals surface area contributed by atoms with E-state index in [1.165, 1.54) is 5.57 Å². The summed E-state index contributed by atoms with van der Waals surface area (Å²) in [5, 5.41) is 10.5. The molecule has 1 aliphatic carbocycles. The predicted molar refractivity (Wildman–Crippen MR) is 70.8 cm³/mol. The second kappa shape index (κ2) is 5.46. The average molecular weight is 234 g/mol. The normalized spacial score (nSPS) is 25.2. The van der Waals surface area contributed by atoms with E-state index in [-0.39, 0.29) is 5.78 Å². The highest BCUT2D eigenvalue weighted by atomic mass is 16.3. The Balaban J connectivity index is 2.82. The third-order valence-corrected chi connectivity index (χ3v) is 3.24. The van der Waals surface area contributed by atoms with Crippen molar-refractivity contribution in [3.05, 3.63) is 34.9 Å². The molecule has 0 amide bonds. The monoisotopic (exact) mass is 234 g/mol. The first-order chi connectivity index (χ1) is 7.83. The molecule has 1 unspecified atom stereocenters. The molecular weight excluding hydrogens is 212 g/mol. The molecule has 0 aromatic carbocycles. The fourth-order valence-electron chi connectivity index (χ4n) is 1.98. The first kappa shape index (κ1) is 13.9. The zero-order chi connectivity index (χ0) is 13.1. The molecule has 0 saturated carbocycles. The molecule has 2 nitrogen and oxygen atoms in total. The quantitative estimate of drug-likeness (QED) is 0.600. The maximum Gasteiger partial charge on any atom is 0.178 e. The van der Waals surface area contributed by atoms with Crippen LogP contribution in [-0.2, 0) is 4.79 Å². The molecule has 0 saturated heterocycles. The molecular formula is C15H22O2. The summed E-state index contributed by atoms with van der Waals surface area (Å²) in [7, 11) is 0. The molecule has 0 radical (unpaired) electrons. The van der Waals surface area contributed by atoms with Gasteiger partial charge in [-0.25, -0.2) is 0 Å². The molecule has 0 fully saturated rings. The van der Waals surface area contributed by atoms with Gasteiger partial charge in [0.1, 0.15) is 0 Å². The molecule has 1 aliphatic rings. The molecule has 1 atom stereocenters. The van der Waals surface area contributed by atoms with E-state index >= 15 is 0 Å². The topological polar surface area (TPSA) is 37.3 Å². The van der Waals surface area contributed by atoms with Gasteiger partial charge in [-0.1, -0.05) is 17.2 Å². The van der Waals surface area contributed by atoms with Crippen molar-refractivity contribution < 1.29 is 9.90 Å². The van der Waals surface area contributed by atoms with Gasteiger partial charge >= 0.3 is 0 Å². The number of allylic oxidation sites excluding steroid dienone is 4. The summed E-state index contributed by atoms with van der Waals surface area (Å²) in [4.78, 5) is 11.6. The summed E-state index contributed by atoms with van der Waals surface area (Å²) in [5.74, 6) is -0.0396. The number of hydrogen-bond donors (Lipinski definition) is 1. The van der Waals surface area contributed by atoms with Crippen molar-refractivity contribution in [3.63, 3.8) is 0 Å². The van der Waals surface area contributed by atoms with Crippen LogP contribution in [-0.4, -0.2) is 16.5 Å². The predicted octanol–water partition coefficient (Wildman–Crippen LogP) is 3.33. The Labute approximate surface area is 104 Å². The van der Waals surface area contributed by atoms with Crippen LogP contribution in [0.2, 0.25) is 0 Å². The molecule has 0 heterocycles. The van der Waals surface area contributed by atoms with Crippen LogP contribution >= 0.6 is 0 Å². The fourth-order valence-corrected chi connectivity index (χ4v) is 1.98. The minimum atomic E-state index is -0.829. The Morgan fingerprint density at radius 3 is 2.47 bits per heavy atom. The second-order valence-electron chi connectivity index (χ2n) is 5.24. The van der Waals surface area contributed by atoms with E-state index in [4.69, 9.17) is 0 Å². The lowest BCUT2D eigenvalue weighted by molar-refractivity contribution is -0.110. The van der Waals surface area contributed by atoms with Crippen molar-refractivity contribution in [2.45, 2.75) is 52.6 Å². The summed E-state index contributed by atoms with van der Waals surface area (Å²) in [6.07, 6.45) is 7.44. The van der Waals surface area contributed by atoms with Gasteiger partial charge in [0.25, 0.3) is 0 Å². The lowest BCUT2D eigenvalue weighted by Gasteiger charge is -2.31. The van der Waals surface area contributed by atoms with E-state index in [1.807, 2.05) is 20.8 Å². The van der Waals surface area contributed by atoms with Crippen molar-refractivity contribution in [2.75, 3.05) is 0 Å². The maximum atomic E-state index is 11.6. The number of carbonyl (C=O) groups is 1. The molecule has 1 rings (SSSR count). The van der Waals surface area contributed by atoms with E-state index in [0.29, 0.717) is 12.8 Å². The highest BCUT2D eigenvalue weighted by molar-refractivity contribution is 6.00. The van der Waals surface area contributed by atoms with Crippen molar-refractivity contribution in [1.82, 2.24) is 0 Å². The number of rotatable bonds is 3. The molecule has 0 aliphatic heterocycles. The summed E-state index contributed by atoms with van der Waals surface area (Å²) in [5.41, 5.74) is 2.23. The molecule has 2 heteroatoms. The number of hydrogen-bond acceptors (Lipinski definition) is 2. The Bertz CT molecular complexity index is 395. The van der Waals surface area contributed by atoms with Crippen molar-refractivity contribution in [1.29, 1.82) is 0 Å². The van der Waals surface area contributed by atoms with Gasteiger partial charge in [-0.3, -0.25) is 4.79 Å². The first-order valence-electron chi connectivity index (χ1n) is 6.09. The third-order valence-electron chi connectivity index (χ3n) is 3.24. The lowest BCUT2D eigenvalue weighted by atomic mass is 9.80. The Kier molecular flexibility index (Phi) is 4.47. The van der Waals surface area contributed by atoms with Crippen molar-refractivity contribution in [3.8, 4) is 0 Å². The number of aliphatic hydroxyl groups is 1. The van der Waals surface area contributed by atoms with Crippen molar-refractivity contribution in [2.24, 2.45) is 0 Å². The molecule has 1 N–H and O–H groups in total. The third kappa shape index (κ3) is 3.97. The van der Waals surface area contributed by atoms with Crippen LogP contribution < -0.4 is 0 Å². The lowest BCUT2D eigenvalue weighted by Crippen LogP contribution is -2.32. The zero-order valence-corrected chi connectivity index (χ0v) is 11.2. The second-order valence-corrected chi connectivity index (χ2v) is 5.24. The summed E-state index contributed by atoms with van der Waals surface area (Å²) >= 11 is 0. The highest BCUT2D eigenvalue weighted by Gasteiger charge is 2.30. The number of ketones is 1. The molecule has 0 aromatic rings. The highest BCUT2D eigenvalue weighted by Crippen LogP contribution is 2.33. The fraction of sp³-hybridized carbons (Fsp3) is 0.533. The van der Waals surface area contributed by atoms with Crippen LogP contribution in [0.1, 0.15) is 47.0 Å². The van der Waals surface area contributed by atoms with E-state index in [1.54, 1.807) is 12.2 Å². The van der Waals surface area contributed by atoms with Gasteiger partial charge in [0.2, 0.25) is 0 Å². The van der Waals surface area contributed by atoms with Gasteiger partial charge in [-0.05, 0) is 64.7 Å². The Hall–Kier alpha value is -1.15. The largest absolute Gasteiger partial charge is 0.385 e. The number of carbonyl (C=O) groups excluding carboxylic acids is 1. The van der Waals surface area contributed by atoms with E-state index in [0.717, 1.165) is 17.6 Å². The Morgan fingerprint density at radius 1 is 1.35 bits per heavy atom. The standard InChI is InChI=1S/C15H22O2/c1-11(2)9-14(16)10-13(4)15(17)7-5-12(3)6-8-15/h5,9-10,17H,6-8H2,1-4H3. The molecule has 0 bridgehead atoms. The van der Waals surface area contributed by atoms with E-state index < -0.39 is 5.60 Å². The zero-order valence-electron chi connectivity index (χ0n) is 11.2. The van der Waals surface area contributed by atoms with Crippen LogP contribution in [0, 0.1) is 0 Å². The van der Waals surface area contributed by atoms with Gasteiger partial charge < -0.3 is 5.11 Å². The summed E-state index contributed by atoms with van der Waals surface area (Å²) in [6.45, 7) is 7.70. The molecule has 94 valence electrons. The van der Waals surface area contributed by atoms with Crippen LogP contribution in [0.5, 0.6) is 0 Å². The summed E-state index contributed by atoms with van der Waals surface area (Å²) < 4.78 is 0. The van der Waals surface area contributed by atoms with Crippen LogP contribution in [0.4, 0.5) is 0 Å². The minimum absolute atomic E-state index is 0.0396. The van der Waals surface area contributed by atoms with Gasteiger partial charge in [-0.2, -0.15) is 0 Å². The Morgan fingerprint density at radius 2 is 2.00 bits per heavy atom. The van der Waals surface area contributed by atoms with Gasteiger partial charge in [0.15, 0.2) is 5.78 Å². The molecule has 0 spiro atoms. The SMILES string of the molecule is CC(C)=CC(=O)C=C(C)C1(O)CC=C(C)CC1. The first-order valence-corrected chi connectivity index (χ1v) is 6.09. The summed E-state index contributed by atoms with van der Waals surface area (Å²) in [6, 6.07) is 0. The maximum absolute atomic E-state index is 11.6. The van der Waals surface area contributed by atoms with Crippen molar-refractivity contribution >= 4 is 5.78 Å². The van der Waals surface area contributed by atoms with E-state index in [2.05, 4.69) is 13.0 Å². The van der Waals surface area contributed by atoms with Gasteiger partial charge in [-0.15, -0.1) is 0 Å².